The van der Waals surface area contributed by atoms with Crippen LogP contribution in [0.1, 0.15) is 192 Å². The van der Waals surface area contributed by atoms with E-state index in [0.717, 1.165) is 94.1 Å². The summed E-state index contributed by atoms with van der Waals surface area (Å²) < 4.78 is 59.1. The van der Waals surface area contributed by atoms with Crippen molar-refractivity contribution in [3.63, 3.8) is 0 Å². The van der Waals surface area contributed by atoms with E-state index < -0.39 is 11.6 Å². The number of ether oxygens (including phenoxy) is 3. The first kappa shape index (κ1) is 95.6. The van der Waals surface area contributed by atoms with E-state index in [-0.39, 0.29) is 53.6 Å². The largest absolute Gasteiger partial charge is 0.382 e. The minimum atomic E-state index is -0.605. The third kappa shape index (κ3) is 31.6. The van der Waals surface area contributed by atoms with Crippen molar-refractivity contribution in [2.45, 2.75) is 210 Å². The lowest BCUT2D eigenvalue weighted by molar-refractivity contribution is -0.129. The van der Waals surface area contributed by atoms with E-state index in [4.69, 9.17) is 37.4 Å². The highest BCUT2D eigenvalue weighted by atomic mass is 35.5. The van der Waals surface area contributed by atoms with Gasteiger partial charge in [-0.25, -0.2) is 13.2 Å². The molecule has 0 bridgehead atoms. The summed E-state index contributed by atoms with van der Waals surface area (Å²) in [5.74, 6) is -0.208. The molecule has 0 radical (unpaired) electrons. The van der Waals surface area contributed by atoms with Crippen LogP contribution in [0.4, 0.5) is 13.2 Å². The molecular weight excluding hydrogens is 1570 g/mol. The maximum Gasteiger partial charge on any atom is 0.252 e. The number of aryl methyl sites for hydroxylation is 1. The molecule has 0 atom stereocenters. The first-order valence-electron chi connectivity index (χ1n) is 43.4. The van der Waals surface area contributed by atoms with E-state index in [1.807, 2.05) is 161 Å². The first-order chi connectivity index (χ1) is 58.4. The van der Waals surface area contributed by atoms with Crippen LogP contribution in [0.5, 0.6) is 0 Å². The Bertz CT molecular complexity index is 4600. The van der Waals surface area contributed by atoms with E-state index in [2.05, 4.69) is 44.0 Å². The number of hydrogen-bond donors (Lipinski definition) is 0. The molecule has 5 aliphatic heterocycles. The van der Waals surface area contributed by atoms with Gasteiger partial charge < -0.3 is 38.7 Å². The lowest BCUT2D eigenvalue weighted by atomic mass is 9.87. The van der Waals surface area contributed by atoms with Gasteiger partial charge in [-0.15, -0.1) is 0 Å². The molecule has 3 saturated carbocycles. The molecule has 5 amide bonds. The molecule has 13 rings (SSSR count). The number of rotatable bonds is 34. The SMILES string of the molecule is CC1=NCC(C(=O)N(CCC2CCCC2)Cc2c(F)cccc2F)=C1.CC1=NCC(C(=O)N(CCC2CCCCC2)Cc2ccccc2F)=C1.CC1=NCC(C(=O)N(CCOC(C)C)Cc2ccccc2Cl)=C1.CC1=NCC(C(=O)N(CCOC2CCCC2)Cc2ccccc2C)=C1.CCOCCCN(Cc1ccccc1Cl)C(=O)C1=CC(C)=NC1. The number of hydrogen-bond acceptors (Lipinski definition) is 13. The predicted molar refractivity (Wildman–Crippen MR) is 482 cm³/mol. The zero-order chi connectivity index (χ0) is 86.6. The highest BCUT2D eigenvalue weighted by Gasteiger charge is 2.30. The fourth-order valence-corrected chi connectivity index (χ4v) is 16.2. The number of benzene rings is 5. The Morgan fingerprint density at radius 2 is 0.744 bits per heavy atom. The van der Waals surface area contributed by atoms with Gasteiger partial charge in [0.15, 0.2) is 0 Å². The molecule has 5 aromatic rings. The van der Waals surface area contributed by atoms with Crippen LogP contribution in [0.2, 0.25) is 10.0 Å². The van der Waals surface area contributed by atoms with Crippen molar-refractivity contribution in [1.29, 1.82) is 0 Å². The minimum absolute atomic E-state index is 0.000312. The molecule has 3 fully saturated rings. The molecular formula is C98H125Cl2F3N10O8. The van der Waals surface area contributed by atoms with Gasteiger partial charge in [0, 0.05) is 150 Å². The van der Waals surface area contributed by atoms with Gasteiger partial charge in [0.1, 0.15) is 17.5 Å². The number of allylic oxidation sites excluding steroid dienone is 5. The first-order valence-corrected chi connectivity index (χ1v) is 44.2. The van der Waals surface area contributed by atoms with Gasteiger partial charge in [0.2, 0.25) is 0 Å². The van der Waals surface area contributed by atoms with E-state index in [9.17, 15) is 37.1 Å². The topological polar surface area (TPSA) is 191 Å². The van der Waals surface area contributed by atoms with E-state index in [1.54, 1.807) is 28.0 Å². The van der Waals surface area contributed by atoms with Crippen LogP contribution >= 0.6 is 23.2 Å². The number of nitrogens with zero attached hydrogens (tertiary/aromatic N) is 10. The Morgan fingerprint density at radius 3 is 1.15 bits per heavy atom. The normalized spacial score (nSPS) is 16.2. The van der Waals surface area contributed by atoms with Crippen molar-refractivity contribution in [2.24, 2.45) is 36.8 Å². The van der Waals surface area contributed by atoms with Gasteiger partial charge in [0.05, 0.1) is 64.7 Å². The second-order valence-electron chi connectivity index (χ2n) is 32.6. The quantitative estimate of drug-likeness (QED) is 0.0363. The number of amides is 5. The van der Waals surface area contributed by atoms with Crippen LogP contribution < -0.4 is 0 Å². The Kier molecular flexibility index (Phi) is 39.8. The highest BCUT2D eigenvalue weighted by Crippen LogP contribution is 2.31. The molecule has 0 spiro atoms. The van der Waals surface area contributed by atoms with E-state index in [1.165, 1.54) is 106 Å². The second-order valence-corrected chi connectivity index (χ2v) is 33.5. The molecule has 23 heteroatoms. The number of carbonyl (C=O) groups is 5. The number of aliphatic imine (C=N–C) groups is 5. The number of halogens is 5. The number of carbonyl (C=O) groups excluding carboxylic acids is 5. The average Bonchev–Trinajstić information content (AvgIpc) is 1.84. The molecule has 0 N–H and O–H groups in total. The lowest BCUT2D eigenvalue weighted by Crippen LogP contribution is -2.35. The zero-order valence-corrected chi connectivity index (χ0v) is 74.1. The summed E-state index contributed by atoms with van der Waals surface area (Å²) in [7, 11) is 0. The van der Waals surface area contributed by atoms with Gasteiger partial charge in [-0.2, -0.15) is 0 Å². The Balaban J connectivity index is 0.000000172. The zero-order valence-electron chi connectivity index (χ0n) is 72.5. The molecule has 0 aromatic heterocycles. The third-order valence-electron chi connectivity index (χ3n) is 22.8. The summed E-state index contributed by atoms with van der Waals surface area (Å²) in [4.78, 5) is 94.6. The van der Waals surface area contributed by atoms with Gasteiger partial charge >= 0.3 is 0 Å². The van der Waals surface area contributed by atoms with Crippen molar-refractivity contribution >= 4 is 81.3 Å². The maximum atomic E-state index is 14.1. The molecule has 0 unspecified atom stereocenters. The molecule has 5 heterocycles. The molecule has 8 aliphatic rings. The van der Waals surface area contributed by atoms with Gasteiger partial charge in [-0.1, -0.05) is 179 Å². The van der Waals surface area contributed by atoms with Crippen molar-refractivity contribution in [2.75, 3.05) is 91.9 Å². The molecule has 121 heavy (non-hydrogen) atoms. The average molecular weight is 1700 g/mol. The monoisotopic (exact) mass is 1700 g/mol. The van der Waals surface area contributed by atoms with Crippen LogP contribution in [0.3, 0.4) is 0 Å². The summed E-state index contributed by atoms with van der Waals surface area (Å²) >= 11 is 12.5. The van der Waals surface area contributed by atoms with Crippen molar-refractivity contribution in [3.8, 4) is 0 Å². The fraction of sp³-hybridized carbons (Fsp3) is 0.490. The van der Waals surface area contributed by atoms with E-state index in [0.29, 0.717) is 157 Å². The molecule has 3 aliphatic carbocycles. The Morgan fingerprint density at radius 1 is 0.397 bits per heavy atom. The van der Waals surface area contributed by atoms with Crippen molar-refractivity contribution in [3.05, 3.63) is 234 Å². The van der Waals surface area contributed by atoms with Crippen LogP contribution in [-0.2, 0) is 70.9 Å². The van der Waals surface area contributed by atoms with Gasteiger partial charge in [-0.05, 0) is 189 Å². The third-order valence-corrected chi connectivity index (χ3v) is 23.5. The Hall–Kier alpha value is -9.25. The molecule has 5 aromatic carbocycles. The van der Waals surface area contributed by atoms with Crippen LogP contribution in [0, 0.1) is 36.2 Å². The standard InChI is InChI=1S/C21H27FN2O.C21H28N2O2.C20H24F2N2O.2C18H23ClN2O2/c1-16-13-19(14-23-16)21(25)24(12-11-17-7-3-2-4-8-17)15-18-9-5-6-10-20(18)22;1-16-7-3-4-8-18(16)15-23(11-12-25-20-9-5-6-10-20)21(24)19-13-17(2)22-14-19;1-14-11-16(12-23-14)20(25)24(10-9-15-5-2-3-6-15)13-17-18(21)7-4-8-19(17)22;1-13(2)23-9-8-21(12-15-6-4-5-7-17(15)19)18(22)16-10-14(3)20-11-16;1-3-23-10-6-9-21(13-15-7-4-5-8-17(15)19)18(22)16-11-14(2)20-12-16/h5-6,9-10,13,17H,2-4,7-8,11-12,14-15H2,1H3;3-4,7-8,13,20H,5-6,9-12,14-15H2,1-2H3;4,7-8,11,15H,2-3,5-6,9-10,12-13H2,1H3;4-7,10,13H,8-9,11-12H2,1-3H3;4-5,7-8,11H,3,6,9-10,12-13H2,1-2H3. The van der Waals surface area contributed by atoms with E-state index >= 15 is 0 Å². The summed E-state index contributed by atoms with van der Waals surface area (Å²) in [5, 5.41) is 1.35. The molecule has 18 nitrogen and oxygen atoms in total. The van der Waals surface area contributed by atoms with Gasteiger partial charge in [0.25, 0.3) is 29.5 Å². The van der Waals surface area contributed by atoms with Gasteiger partial charge in [-0.3, -0.25) is 48.9 Å². The smallest absolute Gasteiger partial charge is 0.252 e. The summed E-state index contributed by atoms with van der Waals surface area (Å²) in [5.41, 5.74) is 12.8. The minimum Gasteiger partial charge on any atom is -0.382 e. The lowest BCUT2D eigenvalue weighted by Gasteiger charge is -2.27. The predicted octanol–water partition coefficient (Wildman–Crippen LogP) is 19.5. The highest BCUT2D eigenvalue weighted by molar-refractivity contribution is 6.31. The van der Waals surface area contributed by atoms with Crippen LogP contribution in [0.25, 0.3) is 0 Å². The molecule has 0 saturated heterocycles. The fourth-order valence-electron chi connectivity index (χ4n) is 15.8. The molecule has 650 valence electrons. The summed E-state index contributed by atoms with van der Waals surface area (Å²) in [6.07, 6.45) is 28.6. The summed E-state index contributed by atoms with van der Waals surface area (Å²) in [6, 6.07) is 34.0. The van der Waals surface area contributed by atoms with Crippen molar-refractivity contribution in [1.82, 2.24) is 24.5 Å². The maximum absolute atomic E-state index is 14.1. The Labute approximate surface area is 726 Å². The van der Waals surface area contributed by atoms with Crippen LogP contribution in [0.15, 0.2) is 198 Å². The second kappa shape index (κ2) is 50.4. The van der Waals surface area contributed by atoms with Crippen molar-refractivity contribution < 1.29 is 51.4 Å². The van der Waals surface area contributed by atoms with Crippen LogP contribution in [-0.4, -0.2) is 187 Å². The summed E-state index contributed by atoms with van der Waals surface area (Å²) in [6.45, 7) is 27.1.